The fourth-order valence-electron chi connectivity index (χ4n) is 3.34. The first-order valence-electron chi connectivity index (χ1n) is 7.86. The van der Waals surface area contributed by atoms with Crippen molar-refractivity contribution in [1.29, 1.82) is 0 Å². The van der Waals surface area contributed by atoms with Crippen LogP contribution in [0, 0.1) is 5.41 Å². The molecule has 0 amide bonds. The molecule has 1 unspecified atom stereocenters. The smallest absolute Gasteiger partial charge is 0.0590 e. The lowest BCUT2D eigenvalue weighted by Gasteiger charge is -2.52. The Morgan fingerprint density at radius 3 is 2.21 bits per heavy atom. The summed E-state index contributed by atoms with van der Waals surface area (Å²) >= 11 is 0. The molecule has 3 heteroatoms. The molecule has 0 saturated heterocycles. The highest BCUT2D eigenvalue weighted by Gasteiger charge is 2.42. The Bertz CT molecular complexity index is 255. The summed E-state index contributed by atoms with van der Waals surface area (Å²) in [6, 6.07) is 0.583. The van der Waals surface area contributed by atoms with Gasteiger partial charge in [-0.05, 0) is 44.4 Å². The van der Waals surface area contributed by atoms with Gasteiger partial charge in [0.05, 0.1) is 6.61 Å². The molecule has 2 N–H and O–H groups in total. The second-order valence-corrected chi connectivity index (χ2v) is 7.04. The molecule has 1 aliphatic rings. The molecular formula is C16H34N2O. The first-order valence-corrected chi connectivity index (χ1v) is 7.86. The van der Waals surface area contributed by atoms with Crippen LogP contribution in [0.4, 0.5) is 0 Å². The number of methoxy groups -OCH3 is 1. The van der Waals surface area contributed by atoms with Crippen LogP contribution in [0.25, 0.3) is 0 Å². The van der Waals surface area contributed by atoms with Crippen molar-refractivity contribution < 1.29 is 4.74 Å². The third-order valence-corrected chi connectivity index (χ3v) is 5.18. The molecule has 3 nitrogen and oxygen atoms in total. The molecule has 1 fully saturated rings. The average molecular weight is 270 g/mol. The van der Waals surface area contributed by atoms with E-state index >= 15 is 0 Å². The first-order chi connectivity index (χ1) is 8.90. The van der Waals surface area contributed by atoms with Crippen molar-refractivity contribution in [3.05, 3.63) is 0 Å². The third kappa shape index (κ3) is 4.17. The van der Waals surface area contributed by atoms with Crippen LogP contribution in [0.1, 0.15) is 59.8 Å². The summed E-state index contributed by atoms with van der Waals surface area (Å²) in [5.41, 5.74) is 6.89. The summed E-state index contributed by atoms with van der Waals surface area (Å²) in [4.78, 5) is 2.63. The Morgan fingerprint density at radius 2 is 1.79 bits per heavy atom. The predicted molar refractivity (Wildman–Crippen MR) is 82.4 cm³/mol. The van der Waals surface area contributed by atoms with Gasteiger partial charge in [0.15, 0.2) is 0 Å². The summed E-state index contributed by atoms with van der Waals surface area (Å²) in [6.07, 6.45) is 6.19. The van der Waals surface area contributed by atoms with Crippen molar-refractivity contribution >= 4 is 0 Å². The summed E-state index contributed by atoms with van der Waals surface area (Å²) in [5, 5.41) is 0. The normalized spacial score (nSPS) is 23.5. The van der Waals surface area contributed by atoms with Crippen LogP contribution in [0.3, 0.4) is 0 Å². The molecule has 1 aliphatic carbocycles. The molecule has 19 heavy (non-hydrogen) atoms. The third-order valence-electron chi connectivity index (χ3n) is 5.18. The van der Waals surface area contributed by atoms with Crippen LogP contribution in [0.2, 0.25) is 0 Å². The summed E-state index contributed by atoms with van der Waals surface area (Å²) in [6.45, 7) is 11.9. The average Bonchev–Trinajstić information content (AvgIpc) is 2.40. The van der Waals surface area contributed by atoms with Crippen LogP contribution in [-0.2, 0) is 4.74 Å². The molecule has 1 atom stereocenters. The quantitative estimate of drug-likeness (QED) is 0.773. The Hall–Kier alpha value is -0.120. The number of hydrogen-bond donors (Lipinski definition) is 1. The topological polar surface area (TPSA) is 38.5 Å². The SMILES string of the molecule is CCC(C)N(CCOC)C1(CN)CCC(C)(C)CC1. The second kappa shape index (κ2) is 7.05. The Kier molecular flexibility index (Phi) is 6.28. The van der Waals surface area contributed by atoms with Crippen molar-refractivity contribution in [2.24, 2.45) is 11.1 Å². The molecule has 1 rings (SSSR count). The predicted octanol–water partition coefficient (Wildman–Crippen LogP) is 3.03. The molecule has 0 aliphatic heterocycles. The first kappa shape index (κ1) is 16.9. The van der Waals surface area contributed by atoms with E-state index in [2.05, 4.69) is 32.6 Å². The van der Waals surface area contributed by atoms with Crippen molar-refractivity contribution in [1.82, 2.24) is 4.90 Å². The van der Waals surface area contributed by atoms with E-state index in [1.807, 2.05) is 0 Å². The van der Waals surface area contributed by atoms with E-state index in [1.165, 1.54) is 32.1 Å². The lowest BCUT2D eigenvalue weighted by molar-refractivity contribution is -0.0173. The molecule has 0 spiro atoms. The van der Waals surface area contributed by atoms with Gasteiger partial charge >= 0.3 is 0 Å². The van der Waals surface area contributed by atoms with Gasteiger partial charge in [-0.3, -0.25) is 4.90 Å². The monoisotopic (exact) mass is 270 g/mol. The Morgan fingerprint density at radius 1 is 1.21 bits per heavy atom. The van der Waals surface area contributed by atoms with Gasteiger partial charge in [-0.2, -0.15) is 0 Å². The Labute approximate surface area is 119 Å². The maximum atomic E-state index is 6.21. The highest BCUT2D eigenvalue weighted by Crippen LogP contribution is 2.43. The number of nitrogens with zero attached hydrogens (tertiary/aromatic N) is 1. The van der Waals surface area contributed by atoms with Crippen LogP contribution < -0.4 is 5.73 Å². The number of nitrogens with two attached hydrogens (primary N) is 1. The lowest BCUT2D eigenvalue weighted by atomic mass is 9.68. The van der Waals surface area contributed by atoms with Gasteiger partial charge in [0.2, 0.25) is 0 Å². The maximum absolute atomic E-state index is 6.21. The highest BCUT2D eigenvalue weighted by molar-refractivity contribution is 4.99. The summed E-state index contributed by atoms with van der Waals surface area (Å²) < 4.78 is 5.31. The van der Waals surface area contributed by atoms with E-state index in [9.17, 15) is 0 Å². The fourth-order valence-corrected chi connectivity index (χ4v) is 3.34. The van der Waals surface area contributed by atoms with Crippen molar-refractivity contribution in [3.8, 4) is 0 Å². The van der Waals surface area contributed by atoms with Gasteiger partial charge in [0.25, 0.3) is 0 Å². The van der Waals surface area contributed by atoms with Gasteiger partial charge in [0.1, 0.15) is 0 Å². The molecule has 0 aromatic rings. The fraction of sp³-hybridized carbons (Fsp3) is 1.00. The van der Waals surface area contributed by atoms with E-state index in [0.717, 1.165) is 19.7 Å². The minimum atomic E-state index is 0.198. The molecule has 0 aromatic carbocycles. The zero-order valence-corrected chi connectivity index (χ0v) is 13.7. The molecule has 0 aromatic heterocycles. The zero-order chi connectivity index (χ0) is 14.5. The molecule has 0 heterocycles. The minimum absolute atomic E-state index is 0.198. The van der Waals surface area contributed by atoms with E-state index < -0.39 is 0 Å². The number of rotatable bonds is 7. The largest absolute Gasteiger partial charge is 0.383 e. The van der Waals surface area contributed by atoms with Crippen LogP contribution in [0.5, 0.6) is 0 Å². The van der Waals surface area contributed by atoms with Gasteiger partial charge < -0.3 is 10.5 Å². The second-order valence-electron chi connectivity index (χ2n) is 7.04. The lowest BCUT2D eigenvalue weighted by Crippen LogP contribution is -2.60. The van der Waals surface area contributed by atoms with Gasteiger partial charge in [0, 0.05) is 31.8 Å². The number of ether oxygens (including phenoxy) is 1. The highest BCUT2D eigenvalue weighted by atomic mass is 16.5. The van der Waals surface area contributed by atoms with Crippen LogP contribution in [0.15, 0.2) is 0 Å². The number of hydrogen-bond acceptors (Lipinski definition) is 3. The molecule has 0 radical (unpaired) electrons. The van der Waals surface area contributed by atoms with Gasteiger partial charge in [-0.1, -0.05) is 20.8 Å². The van der Waals surface area contributed by atoms with Crippen molar-refractivity contribution in [2.45, 2.75) is 71.4 Å². The van der Waals surface area contributed by atoms with Gasteiger partial charge in [-0.15, -0.1) is 0 Å². The zero-order valence-electron chi connectivity index (χ0n) is 13.7. The van der Waals surface area contributed by atoms with Crippen LogP contribution in [-0.4, -0.2) is 43.3 Å². The summed E-state index contributed by atoms with van der Waals surface area (Å²) in [5.74, 6) is 0. The molecule has 114 valence electrons. The van der Waals surface area contributed by atoms with E-state index in [1.54, 1.807) is 7.11 Å². The molecule has 1 saturated carbocycles. The molecular weight excluding hydrogens is 236 g/mol. The standard InChI is InChI=1S/C16H34N2O/c1-6-14(2)18(11-12-19-5)16(13-17)9-7-15(3,4)8-10-16/h14H,6-13,17H2,1-5H3. The van der Waals surface area contributed by atoms with Crippen LogP contribution >= 0.6 is 0 Å². The Balaban J connectivity index is 2.83. The van der Waals surface area contributed by atoms with Crippen molar-refractivity contribution in [2.75, 3.05) is 26.8 Å². The summed E-state index contributed by atoms with van der Waals surface area (Å²) in [7, 11) is 1.79. The molecule has 0 bridgehead atoms. The van der Waals surface area contributed by atoms with Crippen molar-refractivity contribution in [3.63, 3.8) is 0 Å². The minimum Gasteiger partial charge on any atom is -0.383 e. The van der Waals surface area contributed by atoms with E-state index in [-0.39, 0.29) is 5.54 Å². The van der Waals surface area contributed by atoms with Gasteiger partial charge in [-0.25, -0.2) is 0 Å². The maximum Gasteiger partial charge on any atom is 0.0590 e. The van der Waals surface area contributed by atoms with E-state index in [4.69, 9.17) is 10.5 Å². The van der Waals surface area contributed by atoms with E-state index in [0.29, 0.717) is 11.5 Å².